The number of aromatic nitrogens is 1. The number of halogens is 1. The van der Waals surface area contributed by atoms with Crippen LogP contribution in [0.3, 0.4) is 0 Å². The molecule has 2 bridgehead atoms. The van der Waals surface area contributed by atoms with E-state index in [4.69, 9.17) is 29.6 Å². The summed E-state index contributed by atoms with van der Waals surface area (Å²) in [5.74, 6) is 1.46. The van der Waals surface area contributed by atoms with E-state index in [-0.39, 0.29) is 5.91 Å². The number of amides is 1. The van der Waals surface area contributed by atoms with E-state index >= 15 is 0 Å². The molecule has 3 fully saturated rings. The van der Waals surface area contributed by atoms with Crippen molar-refractivity contribution in [3.05, 3.63) is 51.5 Å². The molecule has 3 atom stereocenters. The Bertz CT molecular complexity index is 1050. The van der Waals surface area contributed by atoms with Crippen LogP contribution in [0.15, 0.2) is 35.2 Å². The van der Waals surface area contributed by atoms with Gasteiger partial charge in [0.2, 0.25) is 0 Å². The third kappa shape index (κ3) is 4.11. The van der Waals surface area contributed by atoms with E-state index in [1.165, 1.54) is 36.6 Å². The van der Waals surface area contributed by atoms with E-state index < -0.39 is 0 Å². The predicted octanol–water partition coefficient (Wildman–Crippen LogP) is 5.62. The molecule has 7 heteroatoms. The normalized spacial score (nSPS) is 26.6. The number of nitrogens with two attached hydrogens (primary N) is 1. The van der Waals surface area contributed by atoms with Gasteiger partial charge in [0.1, 0.15) is 4.32 Å². The first kappa shape index (κ1) is 21.3. The average Bonchev–Trinajstić information content (AvgIpc) is 3.52. The number of thiocarbonyl (C=S) groups is 1. The summed E-state index contributed by atoms with van der Waals surface area (Å²) in [5.41, 5.74) is 9.97. The molecule has 0 radical (unpaired) electrons. The maximum absolute atomic E-state index is 13.3. The summed E-state index contributed by atoms with van der Waals surface area (Å²) in [4.78, 5) is 19.5. The van der Waals surface area contributed by atoms with Crippen molar-refractivity contribution in [2.24, 2.45) is 17.6 Å². The largest absolute Gasteiger partial charge is 0.355 e. The first-order valence-electron chi connectivity index (χ1n) is 11.0. The zero-order valence-electron chi connectivity index (χ0n) is 17.3. The van der Waals surface area contributed by atoms with Crippen LogP contribution in [-0.2, 0) is 11.2 Å². The molecule has 3 aliphatic rings. The maximum atomic E-state index is 13.3. The molecule has 1 saturated heterocycles. The molecular weight excluding hydrogens is 446 g/mol. The number of thioether (sulfide) groups is 1. The standard InChI is InChI=1S/C24H26ClN3OS2/c25-18-7-5-15(6-8-18)19-12-16(2-1-9-26)20(27-19)13-22-23(29)28(24(30)31-22)21-11-14-3-4-17(21)10-14/h5-8,12-14,17,21,27H,1-4,9-11,26H2. The van der Waals surface area contributed by atoms with Gasteiger partial charge in [-0.15, -0.1) is 0 Å². The molecule has 2 saturated carbocycles. The molecule has 0 spiro atoms. The number of benzene rings is 1. The van der Waals surface area contributed by atoms with E-state index in [1.807, 2.05) is 35.2 Å². The molecule has 2 aliphatic carbocycles. The highest BCUT2D eigenvalue weighted by Crippen LogP contribution is 2.49. The average molecular weight is 472 g/mol. The molecule has 1 aromatic heterocycles. The molecule has 4 nitrogen and oxygen atoms in total. The molecule has 162 valence electrons. The number of aryl methyl sites for hydroxylation is 1. The maximum Gasteiger partial charge on any atom is 0.266 e. The van der Waals surface area contributed by atoms with Crippen LogP contribution in [0, 0.1) is 11.8 Å². The van der Waals surface area contributed by atoms with E-state index in [0.29, 0.717) is 32.8 Å². The van der Waals surface area contributed by atoms with Gasteiger partial charge in [0.15, 0.2) is 0 Å². The first-order valence-corrected chi connectivity index (χ1v) is 12.6. The minimum absolute atomic E-state index is 0.0694. The molecule has 5 rings (SSSR count). The quantitative estimate of drug-likeness (QED) is 0.424. The zero-order valence-corrected chi connectivity index (χ0v) is 19.7. The van der Waals surface area contributed by atoms with Crippen molar-refractivity contribution in [2.75, 3.05) is 6.54 Å². The van der Waals surface area contributed by atoms with Gasteiger partial charge in [0.25, 0.3) is 5.91 Å². The molecule has 3 N–H and O–H groups in total. The fourth-order valence-corrected chi connectivity index (χ4v) is 6.83. The summed E-state index contributed by atoms with van der Waals surface area (Å²) in [6.07, 6.45) is 8.64. The minimum atomic E-state index is 0.0694. The Morgan fingerprint density at radius 1 is 1.26 bits per heavy atom. The Morgan fingerprint density at radius 3 is 2.74 bits per heavy atom. The van der Waals surface area contributed by atoms with Crippen molar-refractivity contribution in [1.29, 1.82) is 0 Å². The third-order valence-corrected chi connectivity index (χ3v) is 8.45. The fraction of sp³-hybridized carbons (Fsp3) is 0.417. The second-order valence-corrected chi connectivity index (χ2v) is 10.9. The van der Waals surface area contributed by atoms with Crippen LogP contribution in [0.4, 0.5) is 0 Å². The van der Waals surface area contributed by atoms with Crippen LogP contribution in [0.25, 0.3) is 17.3 Å². The number of rotatable bonds is 6. The minimum Gasteiger partial charge on any atom is -0.355 e. The Kier molecular flexibility index (Phi) is 5.99. The van der Waals surface area contributed by atoms with E-state index in [9.17, 15) is 4.79 Å². The Morgan fingerprint density at radius 2 is 2.06 bits per heavy atom. The molecule has 1 aliphatic heterocycles. The SMILES string of the molecule is NCCCc1cc(-c2ccc(Cl)cc2)[nH]c1C=C1SC(=S)N(C2CC3CCC2C3)C1=O. The number of aromatic amines is 1. The number of hydrogen-bond acceptors (Lipinski definition) is 4. The van der Waals surface area contributed by atoms with Gasteiger partial charge in [0, 0.05) is 22.5 Å². The van der Waals surface area contributed by atoms with E-state index in [0.717, 1.165) is 42.1 Å². The zero-order chi connectivity index (χ0) is 21.5. The second kappa shape index (κ2) is 8.74. The van der Waals surface area contributed by atoms with Crippen molar-refractivity contribution >= 4 is 51.9 Å². The second-order valence-electron chi connectivity index (χ2n) is 8.81. The number of H-pyrrole nitrogens is 1. The Labute approximate surface area is 197 Å². The van der Waals surface area contributed by atoms with Gasteiger partial charge >= 0.3 is 0 Å². The van der Waals surface area contributed by atoms with Crippen LogP contribution in [-0.4, -0.2) is 32.7 Å². The lowest BCUT2D eigenvalue weighted by atomic mass is 9.94. The smallest absolute Gasteiger partial charge is 0.266 e. The summed E-state index contributed by atoms with van der Waals surface area (Å²) in [7, 11) is 0. The summed E-state index contributed by atoms with van der Waals surface area (Å²) in [6, 6.07) is 10.2. The fourth-order valence-electron chi connectivity index (χ4n) is 5.35. The highest BCUT2D eigenvalue weighted by atomic mass is 35.5. The van der Waals surface area contributed by atoms with E-state index in [2.05, 4.69) is 11.1 Å². The lowest BCUT2D eigenvalue weighted by molar-refractivity contribution is -0.124. The Balaban J connectivity index is 1.44. The van der Waals surface area contributed by atoms with Crippen LogP contribution in [0.5, 0.6) is 0 Å². The van der Waals surface area contributed by atoms with Crippen LogP contribution in [0.1, 0.15) is 43.4 Å². The highest BCUT2D eigenvalue weighted by molar-refractivity contribution is 8.26. The Hall–Kier alpha value is -1.60. The van der Waals surface area contributed by atoms with Crippen molar-refractivity contribution in [3.8, 4) is 11.3 Å². The molecule has 3 unspecified atom stereocenters. The van der Waals surface area contributed by atoms with Gasteiger partial charge in [-0.05, 0) is 85.9 Å². The summed E-state index contributed by atoms with van der Waals surface area (Å²) in [6.45, 7) is 0.632. The highest BCUT2D eigenvalue weighted by Gasteiger charge is 2.47. The summed E-state index contributed by atoms with van der Waals surface area (Å²) >= 11 is 13.1. The summed E-state index contributed by atoms with van der Waals surface area (Å²) < 4.78 is 0.710. The van der Waals surface area contributed by atoms with Gasteiger partial charge in [-0.2, -0.15) is 0 Å². The molecule has 1 aromatic carbocycles. The van der Waals surface area contributed by atoms with Gasteiger partial charge in [-0.1, -0.05) is 54.1 Å². The van der Waals surface area contributed by atoms with Gasteiger partial charge in [-0.25, -0.2) is 0 Å². The first-order chi connectivity index (χ1) is 15.0. The van der Waals surface area contributed by atoms with Crippen molar-refractivity contribution in [1.82, 2.24) is 9.88 Å². The molecule has 2 heterocycles. The van der Waals surface area contributed by atoms with Crippen LogP contribution < -0.4 is 5.73 Å². The summed E-state index contributed by atoms with van der Waals surface area (Å²) in [5, 5.41) is 0.711. The number of carbonyl (C=O) groups excluding carboxylic acids is 1. The van der Waals surface area contributed by atoms with Crippen LogP contribution >= 0.6 is 35.6 Å². The van der Waals surface area contributed by atoms with Gasteiger partial charge in [-0.3, -0.25) is 9.69 Å². The third-order valence-electron chi connectivity index (χ3n) is 6.87. The topological polar surface area (TPSA) is 62.1 Å². The number of hydrogen-bond donors (Lipinski definition) is 2. The molecular formula is C24H26ClN3OS2. The number of carbonyl (C=O) groups is 1. The predicted molar refractivity (Wildman–Crippen MR) is 133 cm³/mol. The lowest BCUT2D eigenvalue weighted by Gasteiger charge is -2.30. The molecule has 1 amide bonds. The molecule has 31 heavy (non-hydrogen) atoms. The lowest BCUT2D eigenvalue weighted by Crippen LogP contribution is -2.41. The van der Waals surface area contributed by atoms with Crippen molar-refractivity contribution < 1.29 is 4.79 Å². The van der Waals surface area contributed by atoms with Crippen molar-refractivity contribution in [2.45, 2.75) is 44.6 Å². The van der Waals surface area contributed by atoms with Gasteiger partial charge < -0.3 is 10.7 Å². The number of nitrogens with zero attached hydrogens (tertiary/aromatic N) is 1. The monoisotopic (exact) mass is 471 g/mol. The number of fused-ring (bicyclic) bond motifs is 2. The molecule has 2 aromatic rings. The van der Waals surface area contributed by atoms with E-state index in [1.54, 1.807) is 0 Å². The number of nitrogens with one attached hydrogen (secondary N) is 1. The van der Waals surface area contributed by atoms with Gasteiger partial charge in [0.05, 0.1) is 4.91 Å². The van der Waals surface area contributed by atoms with Crippen molar-refractivity contribution in [3.63, 3.8) is 0 Å². The van der Waals surface area contributed by atoms with Crippen LogP contribution in [0.2, 0.25) is 5.02 Å².